The van der Waals surface area contributed by atoms with E-state index in [4.69, 9.17) is 32.7 Å². The van der Waals surface area contributed by atoms with E-state index in [-0.39, 0.29) is 12.5 Å². The predicted molar refractivity (Wildman–Crippen MR) is 118 cm³/mol. The number of nitrogens with one attached hydrogen (secondary N) is 1. The van der Waals surface area contributed by atoms with Crippen molar-refractivity contribution in [1.29, 1.82) is 0 Å². The SMILES string of the molecule is CCOc1ccc(C(=O)Nc2cc(Cl)ccc2Cl)cc1COc1cccc(C)c1. The van der Waals surface area contributed by atoms with Gasteiger partial charge in [-0.25, -0.2) is 0 Å². The number of aryl methyl sites for hydroxylation is 1. The second kappa shape index (κ2) is 9.68. The number of carbonyl (C=O) groups is 1. The topological polar surface area (TPSA) is 47.6 Å². The third kappa shape index (κ3) is 5.66. The van der Waals surface area contributed by atoms with Crippen molar-refractivity contribution in [2.75, 3.05) is 11.9 Å². The van der Waals surface area contributed by atoms with Crippen LogP contribution in [0.4, 0.5) is 5.69 Å². The highest BCUT2D eigenvalue weighted by Gasteiger charge is 2.13. The first-order chi connectivity index (χ1) is 14.0. The first kappa shape index (κ1) is 21.0. The van der Waals surface area contributed by atoms with Crippen LogP contribution >= 0.6 is 23.2 Å². The van der Waals surface area contributed by atoms with Crippen molar-refractivity contribution in [3.8, 4) is 11.5 Å². The molecule has 3 aromatic carbocycles. The molecule has 3 rings (SSSR count). The number of halogens is 2. The van der Waals surface area contributed by atoms with E-state index in [1.807, 2.05) is 38.1 Å². The Kier molecular flexibility index (Phi) is 7.02. The maximum Gasteiger partial charge on any atom is 0.255 e. The molecule has 150 valence electrons. The highest BCUT2D eigenvalue weighted by Crippen LogP contribution is 2.27. The molecule has 0 spiro atoms. The summed E-state index contributed by atoms with van der Waals surface area (Å²) in [5.74, 6) is 1.14. The van der Waals surface area contributed by atoms with Crippen LogP contribution in [0.1, 0.15) is 28.4 Å². The highest BCUT2D eigenvalue weighted by molar-refractivity contribution is 6.35. The molecule has 0 aliphatic rings. The van der Waals surface area contributed by atoms with Gasteiger partial charge in [0.1, 0.15) is 18.1 Å². The van der Waals surface area contributed by atoms with Crippen molar-refractivity contribution < 1.29 is 14.3 Å². The summed E-state index contributed by atoms with van der Waals surface area (Å²) in [7, 11) is 0. The van der Waals surface area contributed by atoms with E-state index in [9.17, 15) is 4.79 Å². The van der Waals surface area contributed by atoms with Gasteiger partial charge < -0.3 is 14.8 Å². The van der Waals surface area contributed by atoms with Gasteiger partial charge in [0, 0.05) is 16.1 Å². The molecule has 1 amide bonds. The summed E-state index contributed by atoms with van der Waals surface area (Å²) in [6.45, 7) is 4.70. The lowest BCUT2D eigenvalue weighted by atomic mass is 10.1. The molecule has 1 N–H and O–H groups in total. The molecule has 3 aromatic rings. The summed E-state index contributed by atoms with van der Waals surface area (Å²) in [5.41, 5.74) is 2.81. The Morgan fingerprint density at radius 1 is 1.00 bits per heavy atom. The Morgan fingerprint density at radius 3 is 2.59 bits per heavy atom. The van der Waals surface area contributed by atoms with Crippen molar-refractivity contribution >= 4 is 34.8 Å². The van der Waals surface area contributed by atoms with Crippen LogP contribution in [-0.2, 0) is 6.61 Å². The van der Waals surface area contributed by atoms with Crippen LogP contribution in [0.15, 0.2) is 60.7 Å². The Hall–Kier alpha value is -2.69. The quantitative estimate of drug-likeness (QED) is 0.464. The lowest BCUT2D eigenvalue weighted by Gasteiger charge is -2.14. The summed E-state index contributed by atoms with van der Waals surface area (Å²) in [5, 5.41) is 3.69. The number of rotatable bonds is 7. The van der Waals surface area contributed by atoms with Gasteiger partial charge in [0.05, 0.1) is 17.3 Å². The lowest BCUT2D eigenvalue weighted by Crippen LogP contribution is -2.13. The minimum atomic E-state index is -0.297. The van der Waals surface area contributed by atoms with Gasteiger partial charge in [-0.1, -0.05) is 35.3 Å². The van der Waals surface area contributed by atoms with Crippen molar-refractivity contribution in [3.63, 3.8) is 0 Å². The minimum Gasteiger partial charge on any atom is -0.493 e. The third-order valence-corrected chi connectivity index (χ3v) is 4.75. The monoisotopic (exact) mass is 429 g/mol. The average molecular weight is 430 g/mol. The summed E-state index contributed by atoms with van der Waals surface area (Å²) in [4.78, 5) is 12.7. The molecule has 0 fully saturated rings. The van der Waals surface area contributed by atoms with Crippen LogP contribution in [0.5, 0.6) is 11.5 Å². The molecule has 0 aliphatic carbocycles. The fourth-order valence-corrected chi connectivity index (χ4v) is 3.12. The van der Waals surface area contributed by atoms with Crippen LogP contribution in [0.3, 0.4) is 0 Å². The largest absolute Gasteiger partial charge is 0.493 e. The molecule has 0 bridgehead atoms. The number of benzene rings is 3. The van der Waals surface area contributed by atoms with Gasteiger partial charge in [-0.15, -0.1) is 0 Å². The van der Waals surface area contributed by atoms with Crippen molar-refractivity contribution in [1.82, 2.24) is 0 Å². The third-order valence-electron chi connectivity index (χ3n) is 4.18. The zero-order chi connectivity index (χ0) is 20.8. The molecule has 4 nitrogen and oxygen atoms in total. The molecule has 29 heavy (non-hydrogen) atoms. The van der Waals surface area contributed by atoms with Crippen LogP contribution in [-0.4, -0.2) is 12.5 Å². The number of hydrogen-bond donors (Lipinski definition) is 1. The van der Waals surface area contributed by atoms with E-state index in [0.29, 0.717) is 33.7 Å². The Labute approximate surface area is 180 Å². The van der Waals surface area contributed by atoms with Gasteiger partial charge in [0.2, 0.25) is 0 Å². The van der Waals surface area contributed by atoms with Crippen molar-refractivity contribution in [2.24, 2.45) is 0 Å². The van der Waals surface area contributed by atoms with Gasteiger partial charge >= 0.3 is 0 Å². The molecule has 0 saturated carbocycles. The van der Waals surface area contributed by atoms with E-state index >= 15 is 0 Å². The van der Waals surface area contributed by atoms with Crippen molar-refractivity contribution in [3.05, 3.63) is 87.4 Å². The standard InChI is InChI=1S/C23H21Cl2NO3/c1-3-28-22-10-7-16(23(27)26-21-13-18(24)8-9-20(21)25)12-17(22)14-29-19-6-4-5-15(2)11-19/h4-13H,3,14H2,1-2H3,(H,26,27). The summed E-state index contributed by atoms with van der Waals surface area (Å²) >= 11 is 12.1. The van der Waals surface area contributed by atoms with Crippen LogP contribution in [0, 0.1) is 6.92 Å². The number of anilines is 1. The molecule has 0 aromatic heterocycles. The van der Waals surface area contributed by atoms with E-state index in [0.717, 1.165) is 16.9 Å². The molecule has 0 aliphatic heterocycles. The Bertz CT molecular complexity index is 1020. The molecule has 0 radical (unpaired) electrons. The highest BCUT2D eigenvalue weighted by atomic mass is 35.5. The molecule has 0 unspecified atom stereocenters. The molecular formula is C23H21Cl2NO3. The smallest absolute Gasteiger partial charge is 0.255 e. The normalized spacial score (nSPS) is 10.5. The maximum absolute atomic E-state index is 12.7. The van der Waals surface area contributed by atoms with Crippen LogP contribution in [0.25, 0.3) is 0 Å². The van der Waals surface area contributed by atoms with Crippen LogP contribution in [0.2, 0.25) is 10.0 Å². The van der Waals surface area contributed by atoms with Gasteiger partial charge in [-0.05, 0) is 67.9 Å². The summed E-state index contributed by atoms with van der Waals surface area (Å²) in [6, 6.07) is 17.9. The zero-order valence-corrected chi connectivity index (χ0v) is 17.7. The summed E-state index contributed by atoms with van der Waals surface area (Å²) in [6.07, 6.45) is 0. The zero-order valence-electron chi connectivity index (χ0n) is 16.2. The van der Waals surface area contributed by atoms with Gasteiger partial charge in [-0.2, -0.15) is 0 Å². The fraction of sp³-hybridized carbons (Fsp3) is 0.174. The molecule has 0 heterocycles. The lowest BCUT2D eigenvalue weighted by molar-refractivity contribution is 0.102. The van der Waals surface area contributed by atoms with Crippen molar-refractivity contribution in [2.45, 2.75) is 20.5 Å². The number of ether oxygens (including phenoxy) is 2. The first-order valence-electron chi connectivity index (χ1n) is 9.18. The molecule has 6 heteroatoms. The average Bonchev–Trinajstić information content (AvgIpc) is 2.70. The van der Waals surface area contributed by atoms with Gasteiger partial charge in [0.25, 0.3) is 5.91 Å². The minimum absolute atomic E-state index is 0.276. The number of carbonyl (C=O) groups excluding carboxylic acids is 1. The molecule has 0 saturated heterocycles. The van der Waals surface area contributed by atoms with Crippen LogP contribution < -0.4 is 14.8 Å². The van der Waals surface area contributed by atoms with E-state index in [1.165, 1.54) is 0 Å². The second-order valence-corrected chi connectivity index (χ2v) is 7.28. The predicted octanol–water partition coefficient (Wildman–Crippen LogP) is 6.53. The molecule has 0 atom stereocenters. The first-order valence-corrected chi connectivity index (χ1v) is 9.93. The second-order valence-electron chi connectivity index (χ2n) is 6.44. The fourth-order valence-electron chi connectivity index (χ4n) is 2.78. The number of hydrogen-bond acceptors (Lipinski definition) is 3. The van der Waals surface area contributed by atoms with Gasteiger partial charge in [0.15, 0.2) is 0 Å². The van der Waals surface area contributed by atoms with E-state index in [2.05, 4.69) is 5.32 Å². The number of amides is 1. The Morgan fingerprint density at radius 2 is 1.83 bits per heavy atom. The van der Waals surface area contributed by atoms with Gasteiger partial charge in [-0.3, -0.25) is 4.79 Å². The molecular weight excluding hydrogens is 409 g/mol. The summed E-state index contributed by atoms with van der Waals surface area (Å²) < 4.78 is 11.6. The Balaban J connectivity index is 1.81. The van der Waals surface area contributed by atoms with E-state index in [1.54, 1.807) is 36.4 Å². The van der Waals surface area contributed by atoms with E-state index < -0.39 is 0 Å². The maximum atomic E-state index is 12.7.